The quantitative estimate of drug-likeness (QED) is 0.114. The molecule has 4 rings (SSSR count). The molecule has 0 unspecified atom stereocenters. The van der Waals surface area contributed by atoms with E-state index in [1.54, 1.807) is 10.9 Å². The maximum Gasteiger partial charge on any atom is 0.319 e. The first-order valence-electron chi connectivity index (χ1n) is 10.2. The van der Waals surface area contributed by atoms with E-state index in [-0.39, 0.29) is 28.4 Å². The van der Waals surface area contributed by atoms with E-state index in [0.717, 1.165) is 0 Å². The van der Waals surface area contributed by atoms with Gasteiger partial charge in [0.15, 0.2) is 11.5 Å². The molecule has 0 fully saturated rings. The Bertz CT molecular complexity index is 1350. The van der Waals surface area contributed by atoms with Crippen LogP contribution < -0.4 is 21.4 Å². The van der Waals surface area contributed by atoms with Crippen LogP contribution in [0.15, 0.2) is 57.2 Å². The zero-order valence-electron chi connectivity index (χ0n) is 18.3. The second-order valence-electron chi connectivity index (χ2n) is 6.97. The first-order chi connectivity index (χ1) is 17.5. The highest BCUT2D eigenvalue weighted by atomic mass is 79.9. The summed E-state index contributed by atoms with van der Waals surface area (Å²) in [6, 6.07) is 3.65. The third kappa shape index (κ3) is 6.54. The molecule has 36 heavy (non-hydrogen) atoms. The summed E-state index contributed by atoms with van der Waals surface area (Å²) in [6.45, 7) is 0.884. The molecule has 1 aromatic carbocycles. The molecule has 4 aromatic rings. The number of hydrogen-bond donors (Lipinski definition) is 5. The number of anilines is 2. The lowest BCUT2D eigenvalue weighted by atomic mass is 10.3. The minimum absolute atomic E-state index is 0.0632. The SMILES string of the molecule is O=C(NCc1cn(CCNc2nonc2C(=Nc2ccc(F)c(Br)c2)NO)nn1)Nc1cncnc1. The number of rotatable bonds is 9. The molecule has 15 nitrogen and oxygen atoms in total. The van der Waals surface area contributed by atoms with Crippen molar-refractivity contribution in [1.82, 2.24) is 46.1 Å². The van der Waals surface area contributed by atoms with Crippen molar-refractivity contribution in [3.8, 4) is 0 Å². The molecule has 0 radical (unpaired) electrons. The maximum absolute atomic E-state index is 13.5. The second kappa shape index (κ2) is 11.8. The fraction of sp³-hybridized carbons (Fsp3) is 0.158. The first-order valence-corrected chi connectivity index (χ1v) is 11.0. The van der Waals surface area contributed by atoms with Crippen LogP contribution in [0.25, 0.3) is 0 Å². The lowest BCUT2D eigenvalue weighted by Gasteiger charge is -2.06. The summed E-state index contributed by atoms with van der Waals surface area (Å²) in [6.07, 6.45) is 5.97. The van der Waals surface area contributed by atoms with Gasteiger partial charge in [-0.3, -0.25) is 15.4 Å². The van der Waals surface area contributed by atoms with Crippen molar-refractivity contribution in [3.63, 3.8) is 0 Å². The number of amides is 2. The summed E-state index contributed by atoms with van der Waals surface area (Å²) in [5.41, 5.74) is 3.40. The summed E-state index contributed by atoms with van der Waals surface area (Å²) in [4.78, 5) is 23.8. The number of carbonyl (C=O) groups excluding carboxylic acids is 1. The first kappa shape index (κ1) is 24.6. The Labute approximate surface area is 210 Å². The van der Waals surface area contributed by atoms with Crippen LogP contribution in [0.2, 0.25) is 0 Å². The smallest absolute Gasteiger partial charge is 0.319 e. The Morgan fingerprint density at radius 2 is 2.08 bits per heavy atom. The Morgan fingerprint density at radius 3 is 2.86 bits per heavy atom. The van der Waals surface area contributed by atoms with E-state index < -0.39 is 11.8 Å². The molecule has 2 amide bonds. The van der Waals surface area contributed by atoms with Crippen LogP contribution in [0, 0.1) is 5.82 Å². The number of aromatic nitrogens is 7. The zero-order valence-corrected chi connectivity index (χ0v) is 19.8. The van der Waals surface area contributed by atoms with Crippen molar-refractivity contribution in [3.05, 3.63) is 64.8 Å². The van der Waals surface area contributed by atoms with Gasteiger partial charge in [0.05, 0.1) is 47.5 Å². The Hall–Kier alpha value is -4.51. The Balaban J connectivity index is 1.29. The Morgan fingerprint density at radius 1 is 1.25 bits per heavy atom. The lowest BCUT2D eigenvalue weighted by Crippen LogP contribution is -2.28. The largest absolute Gasteiger partial charge is 0.363 e. The van der Waals surface area contributed by atoms with Gasteiger partial charge < -0.3 is 16.0 Å². The van der Waals surface area contributed by atoms with Crippen molar-refractivity contribution in [1.29, 1.82) is 0 Å². The number of hydroxylamine groups is 1. The third-order valence-corrected chi connectivity index (χ3v) is 5.04. The molecule has 0 saturated carbocycles. The van der Waals surface area contributed by atoms with Gasteiger partial charge in [0.25, 0.3) is 0 Å². The van der Waals surface area contributed by atoms with Crippen LogP contribution in [0.1, 0.15) is 11.4 Å². The average molecular weight is 561 g/mol. The third-order valence-electron chi connectivity index (χ3n) is 4.43. The topological polar surface area (TPSA) is 193 Å². The van der Waals surface area contributed by atoms with Gasteiger partial charge in [0.1, 0.15) is 17.8 Å². The predicted octanol–water partition coefficient (Wildman–Crippen LogP) is 1.84. The highest BCUT2D eigenvalue weighted by Crippen LogP contribution is 2.23. The van der Waals surface area contributed by atoms with Gasteiger partial charge in [-0.1, -0.05) is 5.21 Å². The number of nitrogens with one attached hydrogen (secondary N) is 4. The summed E-state index contributed by atoms with van der Waals surface area (Å²) >= 11 is 3.08. The van der Waals surface area contributed by atoms with E-state index in [1.807, 2.05) is 5.48 Å². The standard InChI is InChI=1S/C19H18BrFN12O3/c20-14-5-11(1-2-15(14)21)26-18(29-35)16-17(31-36-30-16)24-3-4-33-9-13(28-32-33)8-25-19(34)27-12-6-22-10-23-7-12/h1-2,5-7,9-10,35H,3-4,8H2,(H,24,31)(H,26,29)(H2,25,27,34). The highest BCUT2D eigenvalue weighted by molar-refractivity contribution is 9.10. The summed E-state index contributed by atoms with van der Waals surface area (Å²) < 4.78 is 20.0. The van der Waals surface area contributed by atoms with Crippen LogP contribution >= 0.6 is 15.9 Å². The zero-order chi connectivity index (χ0) is 25.3. The number of urea groups is 1. The molecule has 3 heterocycles. The highest BCUT2D eigenvalue weighted by Gasteiger charge is 2.17. The molecular formula is C19H18BrFN12O3. The number of nitrogens with zero attached hydrogens (tertiary/aromatic N) is 8. The van der Waals surface area contributed by atoms with Gasteiger partial charge in [-0.15, -0.1) is 5.10 Å². The van der Waals surface area contributed by atoms with Crippen LogP contribution in [0.4, 0.5) is 26.4 Å². The maximum atomic E-state index is 13.5. The van der Waals surface area contributed by atoms with Gasteiger partial charge in [-0.2, -0.15) is 0 Å². The lowest BCUT2D eigenvalue weighted by molar-refractivity contribution is 0.234. The monoisotopic (exact) mass is 560 g/mol. The van der Waals surface area contributed by atoms with Gasteiger partial charge >= 0.3 is 6.03 Å². The Kier molecular flexibility index (Phi) is 8.04. The normalized spacial score (nSPS) is 11.2. The number of carbonyl (C=O) groups is 1. The van der Waals surface area contributed by atoms with Crippen molar-refractivity contribution in [2.45, 2.75) is 13.1 Å². The molecule has 0 atom stereocenters. The minimum Gasteiger partial charge on any atom is -0.363 e. The number of benzene rings is 1. The van der Waals surface area contributed by atoms with E-state index in [2.05, 4.69) is 67.5 Å². The number of aliphatic imine (C=N–C) groups is 1. The minimum atomic E-state index is -0.449. The van der Waals surface area contributed by atoms with E-state index in [1.165, 1.54) is 36.9 Å². The number of halogens is 2. The molecule has 0 saturated heterocycles. The fourth-order valence-electron chi connectivity index (χ4n) is 2.80. The molecule has 17 heteroatoms. The van der Waals surface area contributed by atoms with Gasteiger partial charge in [-0.25, -0.2) is 28.8 Å². The second-order valence-corrected chi connectivity index (χ2v) is 7.82. The average Bonchev–Trinajstić information content (AvgIpc) is 3.54. The molecule has 3 aromatic heterocycles. The van der Waals surface area contributed by atoms with Crippen LogP contribution in [0.5, 0.6) is 0 Å². The van der Waals surface area contributed by atoms with Gasteiger partial charge in [-0.05, 0) is 44.4 Å². The molecule has 186 valence electrons. The molecule has 0 bridgehead atoms. The van der Waals surface area contributed by atoms with E-state index >= 15 is 0 Å². The van der Waals surface area contributed by atoms with Crippen molar-refractivity contribution in [2.75, 3.05) is 17.2 Å². The molecule has 0 aliphatic heterocycles. The molecule has 0 aliphatic rings. The predicted molar refractivity (Wildman–Crippen MR) is 126 cm³/mol. The van der Waals surface area contributed by atoms with Crippen LogP contribution in [-0.4, -0.2) is 58.9 Å². The fourth-order valence-corrected chi connectivity index (χ4v) is 3.17. The van der Waals surface area contributed by atoms with E-state index in [4.69, 9.17) is 4.63 Å². The summed E-state index contributed by atoms with van der Waals surface area (Å²) in [5, 5.41) is 33.3. The van der Waals surface area contributed by atoms with Crippen LogP contribution in [-0.2, 0) is 13.1 Å². The number of amidine groups is 1. The van der Waals surface area contributed by atoms with Crippen molar-refractivity contribution >= 4 is 45.0 Å². The molecular weight excluding hydrogens is 543 g/mol. The van der Waals surface area contributed by atoms with Crippen molar-refractivity contribution in [2.24, 2.45) is 4.99 Å². The molecule has 0 aliphatic carbocycles. The summed E-state index contributed by atoms with van der Waals surface area (Å²) in [5.74, 6) is -0.303. The number of hydrogen-bond acceptors (Lipinski definition) is 11. The van der Waals surface area contributed by atoms with E-state index in [0.29, 0.717) is 30.2 Å². The summed E-state index contributed by atoms with van der Waals surface area (Å²) in [7, 11) is 0. The van der Waals surface area contributed by atoms with Gasteiger partial charge in [0.2, 0.25) is 5.82 Å². The van der Waals surface area contributed by atoms with Gasteiger partial charge in [0, 0.05) is 6.54 Å². The molecule has 5 N–H and O–H groups in total. The molecule has 0 spiro atoms. The van der Waals surface area contributed by atoms with Crippen molar-refractivity contribution < 1.29 is 19.0 Å². The van der Waals surface area contributed by atoms with Crippen LogP contribution in [0.3, 0.4) is 0 Å². The van der Waals surface area contributed by atoms with E-state index in [9.17, 15) is 14.4 Å².